The number of piperidine rings is 1. The predicted octanol–water partition coefficient (Wildman–Crippen LogP) is 3.33. The van der Waals surface area contributed by atoms with Gasteiger partial charge in [-0.25, -0.2) is 4.39 Å². The van der Waals surface area contributed by atoms with Crippen LogP contribution in [0, 0.1) is 11.7 Å². The van der Waals surface area contributed by atoms with Gasteiger partial charge < -0.3 is 15.5 Å². The number of halogens is 2. The van der Waals surface area contributed by atoms with Gasteiger partial charge in [-0.1, -0.05) is 22.0 Å². The molecule has 1 aromatic rings. The summed E-state index contributed by atoms with van der Waals surface area (Å²) in [5.41, 5.74) is 0.730. The molecular weight excluding hydrogens is 411 g/mol. The van der Waals surface area contributed by atoms with E-state index in [1.165, 1.54) is 6.07 Å². The largest absolute Gasteiger partial charge is 0.359 e. The molecule has 150 valence electrons. The Kier molecular flexibility index (Phi) is 9.04. The van der Waals surface area contributed by atoms with Crippen LogP contribution in [-0.4, -0.2) is 50.0 Å². The molecule has 1 aliphatic heterocycles. The van der Waals surface area contributed by atoms with E-state index < -0.39 is 0 Å². The number of amides is 1. The Morgan fingerprint density at radius 1 is 1.37 bits per heavy atom. The number of guanidine groups is 1. The summed E-state index contributed by atoms with van der Waals surface area (Å²) in [7, 11) is 1.69. The topological polar surface area (TPSA) is 56.7 Å². The van der Waals surface area contributed by atoms with E-state index >= 15 is 0 Å². The molecule has 1 saturated heterocycles. The Balaban J connectivity index is 1.82. The lowest BCUT2D eigenvalue weighted by Gasteiger charge is -2.34. The van der Waals surface area contributed by atoms with Crippen molar-refractivity contribution in [2.45, 2.75) is 39.0 Å². The van der Waals surface area contributed by atoms with Gasteiger partial charge in [-0.3, -0.25) is 9.79 Å². The lowest BCUT2D eigenvalue weighted by Crippen LogP contribution is -2.46. The smallest absolute Gasteiger partial charge is 0.220 e. The van der Waals surface area contributed by atoms with Crippen molar-refractivity contribution in [3.8, 4) is 0 Å². The van der Waals surface area contributed by atoms with Gasteiger partial charge in [0.05, 0.1) is 0 Å². The summed E-state index contributed by atoms with van der Waals surface area (Å²) in [6.45, 7) is 5.36. The monoisotopic (exact) mass is 440 g/mol. The number of aryl methyl sites for hydroxylation is 1. The van der Waals surface area contributed by atoms with Crippen LogP contribution in [-0.2, 0) is 11.2 Å². The van der Waals surface area contributed by atoms with Crippen molar-refractivity contribution in [2.24, 2.45) is 10.9 Å². The van der Waals surface area contributed by atoms with Gasteiger partial charge in [0.15, 0.2) is 5.96 Å². The zero-order chi connectivity index (χ0) is 19.6. The van der Waals surface area contributed by atoms with Gasteiger partial charge in [-0.05, 0) is 56.2 Å². The maximum absolute atomic E-state index is 13.9. The van der Waals surface area contributed by atoms with Crippen molar-refractivity contribution in [2.75, 3.05) is 33.2 Å². The Morgan fingerprint density at radius 3 is 2.74 bits per heavy atom. The van der Waals surface area contributed by atoms with Crippen LogP contribution in [0.5, 0.6) is 0 Å². The van der Waals surface area contributed by atoms with Crippen molar-refractivity contribution in [3.05, 3.63) is 34.1 Å². The molecule has 5 nitrogen and oxygen atoms in total. The number of carbonyl (C=O) groups is 1. The third kappa shape index (κ3) is 7.13. The van der Waals surface area contributed by atoms with Gasteiger partial charge in [0, 0.05) is 44.1 Å². The second-order valence-corrected chi connectivity index (χ2v) is 7.80. The van der Waals surface area contributed by atoms with Crippen LogP contribution < -0.4 is 10.6 Å². The first kappa shape index (κ1) is 21.7. The van der Waals surface area contributed by atoms with E-state index in [9.17, 15) is 9.18 Å². The summed E-state index contributed by atoms with van der Waals surface area (Å²) in [4.78, 5) is 18.5. The maximum Gasteiger partial charge on any atom is 0.220 e. The van der Waals surface area contributed by atoms with Crippen molar-refractivity contribution < 1.29 is 9.18 Å². The molecule has 0 aromatic heterocycles. The molecule has 2 N–H and O–H groups in total. The molecule has 0 saturated carbocycles. The summed E-state index contributed by atoms with van der Waals surface area (Å²) in [5.74, 6) is 1.32. The highest BCUT2D eigenvalue weighted by atomic mass is 79.9. The summed E-state index contributed by atoms with van der Waals surface area (Å²) in [6, 6.07) is 5.20. The average Bonchev–Trinajstić information content (AvgIpc) is 2.66. The number of rotatable bonds is 7. The molecule has 27 heavy (non-hydrogen) atoms. The summed E-state index contributed by atoms with van der Waals surface area (Å²) in [6.07, 6.45) is 4.09. The molecule has 7 heteroatoms. The van der Waals surface area contributed by atoms with Crippen molar-refractivity contribution in [3.63, 3.8) is 0 Å². The van der Waals surface area contributed by atoms with Crippen LogP contribution in [0.25, 0.3) is 0 Å². The second-order valence-electron chi connectivity index (χ2n) is 6.88. The van der Waals surface area contributed by atoms with Crippen molar-refractivity contribution >= 4 is 27.8 Å². The lowest BCUT2D eigenvalue weighted by atomic mass is 9.93. The first-order valence-electron chi connectivity index (χ1n) is 9.71. The minimum absolute atomic E-state index is 0.120. The summed E-state index contributed by atoms with van der Waals surface area (Å²) >= 11 is 3.28. The van der Waals surface area contributed by atoms with E-state index in [2.05, 4.69) is 38.4 Å². The molecule has 2 rings (SSSR count). The molecular formula is C20H30BrFN4O. The van der Waals surface area contributed by atoms with Crippen LogP contribution in [0.2, 0.25) is 0 Å². The van der Waals surface area contributed by atoms with Gasteiger partial charge >= 0.3 is 0 Å². The van der Waals surface area contributed by atoms with E-state index in [4.69, 9.17) is 4.99 Å². The van der Waals surface area contributed by atoms with Crippen LogP contribution >= 0.6 is 15.9 Å². The predicted molar refractivity (Wildman–Crippen MR) is 111 cm³/mol. The van der Waals surface area contributed by atoms with Crippen molar-refractivity contribution in [1.82, 2.24) is 15.5 Å². The number of nitrogens with one attached hydrogen (secondary N) is 2. The Labute approximate surface area is 169 Å². The fraction of sp³-hybridized carbons (Fsp3) is 0.600. The zero-order valence-corrected chi connectivity index (χ0v) is 17.8. The molecule has 0 aliphatic carbocycles. The molecule has 1 heterocycles. The number of hydrogen-bond donors (Lipinski definition) is 2. The quantitative estimate of drug-likeness (QED) is 0.388. The first-order chi connectivity index (χ1) is 13.0. The van der Waals surface area contributed by atoms with Gasteiger partial charge in [-0.2, -0.15) is 0 Å². The Bertz CT molecular complexity index is 645. The second kappa shape index (κ2) is 11.3. The zero-order valence-electron chi connectivity index (χ0n) is 16.2. The van der Waals surface area contributed by atoms with Gasteiger partial charge in [0.2, 0.25) is 5.91 Å². The minimum Gasteiger partial charge on any atom is -0.359 e. The number of nitrogens with zero attached hydrogens (tertiary/aromatic N) is 2. The number of benzene rings is 1. The number of aliphatic imine (C=N–C) groups is 1. The fourth-order valence-corrected chi connectivity index (χ4v) is 3.65. The average molecular weight is 441 g/mol. The highest BCUT2D eigenvalue weighted by molar-refractivity contribution is 9.10. The molecule has 0 radical (unpaired) electrons. The standard InChI is InChI=1S/C20H30BrFN4O/c1-3-24-20(26-11-8-15(9-12-26)13-19(27)23-2)25-10-4-5-16-6-7-17(21)14-18(16)22/h6-7,14-15H,3-5,8-13H2,1-2H3,(H,23,27)(H,24,25). The third-order valence-electron chi connectivity index (χ3n) is 4.88. The van der Waals surface area contributed by atoms with E-state index in [0.717, 1.165) is 54.9 Å². The molecule has 1 aromatic carbocycles. The summed E-state index contributed by atoms with van der Waals surface area (Å²) in [5, 5.41) is 6.06. The van der Waals surface area contributed by atoms with Gasteiger partial charge in [0.25, 0.3) is 0 Å². The number of hydrogen-bond acceptors (Lipinski definition) is 2. The molecule has 1 fully saturated rings. The first-order valence-corrected chi connectivity index (χ1v) is 10.5. The SMILES string of the molecule is CCNC(=NCCCc1ccc(Br)cc1F)N1CCC(CC(=O)NC)CC1. The fourth-order valence-electron chi connectivity index (χ4n) is 3.32. The number of likely N-dealkylation sites (tertiary alicyclic amines) is 1. The number of carbonyl (C=O) groups excluding carboxylic acids is 1. The van der Waals surface area contributed by atoms with E-state index in [1.807, 2.05) is 12.1 Å². The molecule has 0 spiro atoms. The molecule has 0 bridgehead atoms. The lowest BCUT2D eigenvalue weighted by molar-refractivity contribution is -0.121. The van der Waals surface area contributed by atoms with Crippen molar-refractivity contribution in [1.29, 1.82) is 0 Å². The maximum atomic E-state index is 13.9. The third-order valence-corrected chi connectivity index (χ3v) is 5.38. The molecule has 0 atom stereocenters. The van der Waals surface area contributed by atoms with E-state index in [0.29, 0.717) is 25.3 Å². The minimum atomic E-state index is -0.168. The molecule has 1 aliphatic rings. The van der Waals surface area contributed by atoms with Crippen LogP contribution in [0.3, 0.4) is 0 Å². The highest BCUT2D eigenvalue weighted by Gasteiger charge is 2.22. The van der Waals surface area contributed by atoms with Gasteiger partial charge in [0.1, 0.15) is 5.82 Å². The highest BCUT2D eigenvalue weighted by Crippen LogP contribution is 2.20. The summed E-state index contributed by atoms with van der Waals surface area (Å²) < 4.78 is 14.6. The normalized spacial score (nSPS) is 15.7. The van der Waals surface area contributed by atoms with Crippen LogP contribution in [0.15, 0.2) is 27.7 Å². The van der Waals surface area contributed by atoms with Crippen LogP contribution in [0.4, 0.5) is 4.39 Å². The van der Waals surface area contributed by atoms with Crippen LogP contribution in [0.1, 0.15) is 38.2 Å². The van der Waals surface area contributed by atoms with E-state index in [1.54, 1.807) is 7.05 Å². The Morgan fingerprint density at radius 2 is 2.11 bits per heavy atom. The van der Waals surface area contributed by atoms with E-state index in [-0.39, 0.29) is 11.7 Å². The Hall–Kier alpha value is -1.63. The van der Waals surface area contributed by atoms with Gasteiger partial charge in [-0.15, -0.1) is 0 Å². The molecule has 1 amide bonds. The molecule has 0 unspecified atom stereocenters.